The molecule has 124 valence electrons. The maximum Gasteiger partial charge on any atom is 0.410 e. The molecule has 1 atom stereocenters. The van der Waals surface area contributed by atoms with Gasteiger partial charge in [-0.15, -0.1) is 0 Å². The van der Waals surface area contributed by atoms with Gasteiger partial charge in [0.15, 0.2) is 0 Å². The van der Waals surface area contributed by atoms with E-state index in [9.17, 15) is 4.79 Å². The lowest BCUT2D eigenvalue weighted by Gasteiger charge is -2.39. The van der Waals surface area contributed by atoms with Crippen LogP contribution in [-0.4, -0.2) is 44.2 Å². The fourth-order valence-corrected chi connectivity index (χ4v) is 4.15. The molecule has 2 aromatic heterocycles. The number of carbonyl (C=O) groups is 1. The largest absolute Gasteiger partial charge is 0.444 e. The number of halogens is 1. The molecular weight excluding hydrogens is 426 g/mol. The average Bonchev–Trinajstić information content (AvgIpc) is 2.73. The first-order chi connectivity index (χ1) is 10.8. The van der Waals surface area contributed by atoms with Crippen molar-refractivity contribution in [1.29, 1.82) is 0 Å². The Hall–Kier alpha value is -0.950. The second-order valence-electron chi connectivity index (χ2n) is 6.81. The summed E-state index contributed by atoms with van der Waals surface area (Å²) in [6.45, 7) is 8.94. The molecule has 0 saturated carbocycles. The van der Waals surface area contributed by atoms with Crippen molar-refractivity contribution in [2.45, 2.75) is 39.2 Å². The van der Waals surface area contributed by atoms with E-state index in [1.807, 2.05) is 38.3 Å². The van der Waals surface area contributed by atoms with Crippen molar-refractivity contribution in [2.75, 3.05) is 13.1 Å². The summed E-state index contributed by atoms with van der Waals surface area (Å²) in [5.41, 5.74) is 2.69. The van der Waals surface area contributed by atoms with E-state index in [2.05, 4.69) is 33.1 Å². The van der Waals surface area contributed by atoms with Gasteiger partial charge in [0.25, 0.3) is 0 Å². The number of amides is 1. The highest BCUT2D eigenvalue weighted by atomic mass is 127. The maximum atomic E-state index is 12.1. The predicted molar refractivity (Wildman–Crippen MR) is 101 cm³/mol. The summed E-state index contributed by atoms with van der Waals surface area (Å²) in [4.78, 5) is 18.2. The molecule has 1 fully saturated rings. The summed E-state index contributed by atoms with van der Waals surface area (Å²) in [6, 6.07) is 2.07. The number of hydrogen-bond donors (Lipinski definition) is 0. The molecule has 0 aromatic carbocycles. The van der Waals surface area contributed by atoms with E-state index in [4.69, 9.17) is 9.84 Å². The van der Waals surface area contributed by atoms with E-state index in [0.29, 0.717) is 19.5 Å². The van der Waals surface area contributed by atoms with E-state index in [0.717, 1.165) is 22.3 Å². The van der Waals surface area contributed by atoms with Gasteiger partial charge in [-0.25, -0.2) is 9.25 Å². The van der Waals surface area contributed by atoms with Gasteiger partial charge in [-0.1, -0.05) is 0 Å². The smallest absolute Gasteiger partial charge is 0.410 e. The second-order valence-corrected chi connectivity index (χ2v) is 8.85. The van der Waals surface area contributed by atoms with Crippen LogP contribution in [0.3, 0.4) is 0 Å². The first kappa shape index (κ1) is 16.9. The predicted octanol–water partition coefficient (Wildman–Crippen LogP) is 3.87. The van der Waals surface area contributed by atoms with Crippen molar-refractivity contribution in [3.8, 4) is 0 Å². The Labute approximate surface area is 150 Å². The number of aryl methyl sites for hydroxylation is 1. The zero-order valence-electron chi connectivity index (χ0n) is 13.6. The molecule has 1 aliphatic heterocycles. The Balaban J connectivity index is 1.78. The quantitative estimate of drug-likeness (QED) is 0.520. The molecule has 3 heterocycles. The molecule has 1 amide bonds. The topological polar surface area (TPSA) is 60.3 Å². The van der Waals surface area contributed by atoms with Crippen molar-refractivity contribution < 1.29 is 9.53 Å². The molecular formula is C15H20IN4O2P. The summed E-state index contributed by atoms with van der Waals surface area (Å²) in [5.74, 6) is 0.253. The number of likely N-dealkylation sites (tertiary alicyclic amines) is 1. The molecule has 0 spiro atoms. The van der Waals surface area contributed by atoms with Crippen LogP contribution in [0.5, 0.6) is 0 Å². The lowest BCUT2D eigenvalue weighted by molar-refractivity contribution is 0.00796. The van der Waals surface area contributed by atoms with Gasteiger partial charge >= 0.3 is 6.09 Å². The maximum absolute atomic E-state index is 12.1. The molecule has 0 aliphatic carbocycles. The molecule has 8 heteroatoms. The third-order valence-electron chi connectivity index (χ3n) is 3.73. The minimum absolute atomic E-state index is 0.248. The van der Waals surface area contributed by atoms with E-state index < -0.39 is 5.60 Å². The molecule has 1 saturated heterocycles. The summed E-state index contributed by atoms with van der Waals surface area (Å²) < 4.78 is 7.43. The highest BCUT2D eigenvalue weighted by Crippen LogP contribution is 2.36. The first-order valence-corrected chi connectivity index (χ1v) is 11.5. The Morgan fingerprint density at radius 1 is 1.43 bits per heavy atom. The number of aromatic nitrogens is 3. The SMILES string of the molecule is Cc1cc2c(cn1)c(C1CN(C(=O)OC(C)(C)C)C1)nn2PI. The standard InChI is InChI=1S/C15H20IN4O2P/c1-9-5-12-11(6-17-9)13(18-20(12)23-16)10-7-19(8-10)14(21)22-15(2,3)4/h5-6,10,23H,7-8H2,1-4H3. The molecule has 1 unspecified atom stereocenters. The van der Waals surface area contributed by atoms with Gasteiger partial charge in [0.2, 0.25) is 0 Å². The van der Waals surface area contributed by atoms with Gasteiger partial charge in [-0.2, -0.15) is 5.10 Å². The zero-order valence-corrected chi connectivity index (χ0v) is 16.8. The number of carbonyl (C=O) groups excluding carboxylic acids is 1. The van der Waals surface area contributed by atoms with Crippen LogP contribution in [0.25, 0.3) is 10.9 Å². The Bertz CT molecular complexity index is 750. The first-order valence-electron chi connectivity index (χ1n) is 7.48. The molecule has 0 radical (unpaired) electrons. The van der Waals surface area contributed by atoms with Gasteiger partial charge in [0.05, 0.1) is 17.6 Å². The van der Waals surface area contributed by atoms with Gasteiger partial charge in [0.1, 0.15) is 5.60 Å². The molecule has 0 bridgehead atoms. The van der Waals surface area contributed by atoms with Crippen molar-refractivity contribution in [3.05, 3.63) is 23.7 Å². The minimum Gasteiger partial charge on any atom is -0.444 e. The van der Waals surface area contributed by atoms with Crippen LogP contribution in [0, 0.1) is 6.92 Å². The minimum atomic E-state index is -0.458. The summed E-state index contributed by atoms with van der Waals surface area (Å²) in [6.07, 6.45) is 2.19. The van der Waals surface area contributed by atoms with Crippen LogP contribution in [0.1, 0.15) is 38.1 Å². The fraction of sp³-hybridized carbons (Fsp3) is 0.533. The monoisotopic (exact) mass is 446 g/mol. The van der Waals surface area contributed by atoms with E-state index in [1.165, 1.54) is 0 Å². The van der Waals surface area contributed by atoms with Crippen molar-refractivity contribution in [2.24, 2.45) is 0 Å². The summed E-state index contributed by atoms with van der Waals surface area (Å²) in [5, 5.41) is 5.83. The number of ether oxygens (including phenoxy) is 1. The van der Waals surface area contributed by atoms with Gasteiger partial charge in [-0.3, -0.25) is 4.98 Å². The third kappa shape index (κ3) is 3.45. The van der Waals surface area contributed by atoms with Gasteiger partial charge < -0.3 is 9.64 Å². The number of fused-ring (bicyclic) bond motifs is 1. The second kappa shape index (κ2) is 6.16. The highest BCUT2D eigenvalue weighted by Gasteiger charge is 2.37. The summed E-state index contributed by atoms with van der Waals surface area (Å²) >= 11 is 2.33. The van der Waals surface area contributed by atoms with Crippen LogP contribution in [0.2, 0.25) is 0 Å². The van der Waals surface area contributed by atoms with Crippen LogP contribution in [0.4, 0.5) is 4.79 Å². The Kier molecular flexibility index (Phi) is 4.53. The van der Waals surface area contributed by atoms with E-state index in [1.54, 1.807) is 4.90 Å². The number of hydrogen-bond acceptors (Lipinski definition) is 4. The highest BCUT2D eigenvalue weighted by molar-refractivity contribution is 14.2. The van der Waals surface area contributed by atoms with E-state index in [-0.39, 0.29) is 12.0 Å². The Morgan fingerprint density at radius 3 is 2.74 bits per heavy atom. The molecule has 0 N–H and O–H groups in total. The molecule has 23 heavy (non-hydrogen) atoms. The van der Waals surface area contributed by atoms with E-state index >= 15 is 0 Å². The zero-order chi connectivity index (χ0) is 16.8. The lowest BCUT2D eigenvalue weighted by Crippen LogP contribution is -2.50. The number of pyridine rings is 1. The average molecular weight is 446 g/mol. The van der Waals surface area contributed by atoms with Crippen LogP contribution >= 0.6 is 28.4 Å². The van der Waals surface area contributed by atoms with Gasteiger partial charge in [-0.05, 0) is 55.8 Å². The van der Waals surface area contributed by atoms with Crippen molar-refractivity contribution >= 4 is 45.4 Å². The fourth-order valence-electron chi connectivity index (χ4n) is 2.63. The number of nitrogens with zero attached hydrogens (tertiary/aromatic N) is 4. The summed E-state index contributed by atoms with van der Waals surface area (Å²) in [7, 11) is 0. The van der Waals surface area contributed by atoms with Crippen molar-refractivity contribution in [1.82, 2.24) is 19.4 Å². The normalized spacial score (nSPS) is 16.3. The molecule has 6 nitrogen and oxygen atoms in total. The molecule has 3 rings (SSSR count). The van der Waals surface area contributed by atoms with Crippen LogP contribution < -0.4 is 0 Å². The van der Waals surface area contributed by atoms with Crippen LogP contribution in [0.15, 0.2) is 12.3 Å². The number of rotatable bonds is 2. The van der Waals surface area contributed by atoms with Crippen LogP contribution in [-0.2, 0) is 4.74 Å². The Morgan fingerprint density at radius 2 is 2.13 bits per heavy atom. The van der Waals surface area contributed by atoms with Gasteiger partial charge in [0, 0.05) is 36.3 Å². The lowest BCUT2D eigenvalue weighted by atomic mass is 9.95. The third-order valence-corrected chi connectivity index (χ3v) is 5.60. The molecule has 1 aliphatic rings. The van der Waals surface area contributed by atoms with Crippen molar-refractivity contribution in [3.63, 3.8) is 0 Å². The molecule has 2 aromatic rings.